The molecule has 0 aliphatic heterocycles. The van der Waals surface area contributed by atoms with Crippen LogP contribution in [0.5, 0.6) is 0 Å². The zero-order valence-corrected chi connectivity index (χ0v) is 17.4. The fraction of sp³-hybridized carbons (Fsp3) is 0.160. The second-order valence-corrected chi connectivity index (χ2v) is 7.57. The van der Waals surface area contributed by atoms with Crippen molar-refractivity contribution in [3.63, 3.8) is 0 Å². The Hall–Kier alpha value is -3.93. The number of aryl methyl sites for hydroxylation is 1. The lowest BCUT2D eigenvalue weighted by Gasteiger charge is -2.17. The summed E-state index contributed by atoms with van der Waals surface area (Å²) in [6, 6.07) is 21.1. The molecule has 0 fully saturated rings. The van der Waals surface area contributed by atoms with Crippen molar-refractivity contribution < 1.29 is 14.4 Å². The molecule has 4 rings (SSSR count). The van der Waals surface area contributed by atoms with Crippen molar-refractivity contribution in [3.8, 4) is 11.1 Å². The fourth-order valence-electron chi connectivity index (χ4n) is 3.82. The molecule has 3 aromatic rings. The van der Waals surface area contributed by atoms with E-state index >= 15 is 0 Å². The lowest BCUT2D eigenvalue weighted by atomic mass is 10.0. The average Bonchev–Trinajstić information content (AvgIpc) is 3.08. The number of hydrogen-bond donors (Lipinski definition) is 3. The van der Waals surface area contributed by atoms with Crippen LogP contribution < -0.4 is 16.0 Å². The van der Waals surface area contributed by atoms with Crippen LogP contribution in [-0.4, -0.2) is 24.3 Å². The van der Waals surface area contributed by atoms with Crippen LogP contribution in [0, 0.1) is 6.92 Å². The Balaban J connectivity index is 1.56. The maximum absolute atomic E-state index is 13.1. The predicted octanol–water partition coefficient (Wildman–Crippen LogP) is 3.57. The highest BCUT2D eigenvalue weighted by molar-refractivity contribution is 5.99. The van der Waals surface area contributed by atoms with Gasteiger partial charge < -0.3 is 16.0 Å². The van der Waals surface area contributed by atoms with Crippen molar-refractivity contribution in [2.45, 2.75) is 19.9 Å². The van der Waals surface area contributed by atoms with Gasteiger partial charge in [-0.1, -0.05) is 54.6 Å². The summed E-state index contributed by atoms with van der Waals surface area (Å²) < 4.78 is 0. The average molecular weight is 413 g/mol. The molecule has 0 aromatic heterocycles. The number of carbonyl (C=O) groups excluding carboxylic acids is 3. The molecule has 0 saturated carbocycles. The number of anilines is 1. The third kappa shape index (κ3) is 4.19. The summed E-state index contributed by atoms with van der Waals surface area (Å²) >= 11 is 0. The van der Waals surface area contributed by atoms with Gasteiger partial charge in [0.15, 0.2) is 0 Å². The van der Waals surface area contributed by atoms with Crippen molar-refractivity contribution in [2.24, 2.45) is 0 Å². The third-order valence-electron chi connectivity index (χ3n) is 5.38. The molecule has 3 amide bonds. The topological polar surface area (TPSA) is 87.3 Å². The van der Waals surface area contributed by atoms with Gasteiger partial charge in [-0.25, -0.2) is 0 Å². The van der Waals surface area contributed by atoms with Gasteiger partial charge >= 0.3 is 0 Å². The summed E-state index contributed by atoms with van der Waals surface area (Å²) in [5.74, 6) is -0.861. The number of benzene rings is 3. The van der Waals surface area contributed by atoms with Crippen molar-refractivity contribution in [2.75, 3.05) is 11.9 Å². The van der Waals surface area contributed by atoms with Crippen LogP contribution in [0.1, 0.15) is 40.0 Å². The molecule has 0 saturated heterocycles. The summed E-state index contributed by atoms with van der Waals surface area (Å²) in [5, 5.41) is 8.35. The number of hydrogen-bond acceptors (Lipinski definition) is 3. The number of carbonyl (C=O) groups is 3. The Labute approximate surface area is 180 Å². The quantitative estimate of drug-likeness (QED) is 0.598. The SMILES string of the molecule is CC(=O)NCC(=O)Nc1cc(C(=O)NC2c3ccccc3-c3ccccc32)ccc1C. The molecule has 156 valence electrons. The van der Waals surface area contributed by atoms with E-state index < -0.39 is 0 Å². The summed E-state index contributed by atoms with van der Waals surface area (Å²) in [7, 11) is 0. The Morgan fingerprint density at radius 3 is 2.10 bits per heavy atom. The molecule has 1 aliphatic rings. The van der Waals surface area contributed by atoms with Gasteiger partial charge in [0.25, 0.3) is 5.91 Å². The van der Waals surface area contributed by atoms with Crippen LogP contribution in [0.15, 0.2) is 66.7 Å². The zero-order valence-electron chi connectivity index (χ0n) is 17.4. The van der Waals surface area contributed by atoms with Crippen LogP contribution >= 0.6 is 0 Å². The molecule has 0 heterocycles. The van der Waals surface area contributed by atoms with E-state index in [0.29, 0.717) is 11.3 Å². The molecular weight excluding hydrogens is 390 g/mol. The third-order valence-corrected chi connectivity index (χ3v) is 5.38. The lowest BCUT2D eigenvalue weighted by molar-refractivity contribution is -0.122. The first-order valence-electron chi connectivity index (χ1n) is 10.1. The minimum absolute atomic E-state index is 0.124. The van der Waals surface area contributed by atoms with Gasteiger partial charge in [0.1, 0.15) is 0 Å². The van der Waals surface area contributed by atoms with E-state index in [2.05, 4.69) is 28.1 Å². The second kappa shape index (κ2) is 8.44. The molecule has 6 heteroatoms. The zero-order chi connectivity index (χ0) is 22.0. The first-order chi connectivity index (χ1) is 14.9. The van der Waals surface area contributed by atoms with E-state index in [1.807, 2.05) is 43.3 Å². The van der Waals surface area contributed by atoms with Crippen LogP contribution in [0.25, 0.3) is 11.1 Å². The second-order valence-electron chi connectivity index (χ2n) is 7.57. The first kappa shape index (κ1) is 20.3. The van der Waals surface area contributed by atoms with Crippen molar-refractivity contribution >= 4 is 23.4 Å². The standard InChI is InChI=1S/C25H23N3O3/c1-15-11-12-17(13-22(15)27-23(30)14-26-16(2)29)25(31)28-24-20-9-5-3-7-18(20)19-8-4-6-10-21(19)24/h3-13,24H,14H2,1-2H3,(H,26,29)(H,27,30)(H,28,31). The highest BCUT2D eigenvalue weighted by Crippen LogP contribution is 2.43. The minimum Gasteiger partial charge on any atom is -0.347 e. The Bertz CT molecular complexity index is 1140. The van der Waals surface area contributed by atoms with E-state index in [1.165, 1.54) is 6.92 Å². The summed E-state index contributed by atoms with van der Waals surface area (Å²) in [6.07, 6.45) is 0. The smallest absolute Gasteiger partial charge is 0.252 e. The Kier molecular flexibility index (Phi) is 5.54. The summed E-state index contributed by atoms with van der Waals surface area (Å²) in [5.41, 5.74) is 6.18. The molecule has 0 radical (unpaired) electrons. The van der Waals surface area contributed by atoms with Crippen LogP contribution in [0.2, 0.25) is 0 Å². The van der Waals surface area contributed by atoms with Crippen LogP contribution in [0.3, 0.4) is 0 Å². The highest BCUT2D eigenvalue weighted by atomic mass is 16.2. The van der Waals surface area contributed by atoms with Gasteiger partial charge in [-0.3, -0.25) is 14.4 Å². The maximum Gasteiger partial charge on any atom is 0.252 e. The van der Waals surface area contributed by atoms with E-state index in [0.717, 1.165) is 27.8 Å². The van der Waals surface area contributed by atoms with Crippen molar-refractivity contribution in [1.82, 2.24) is 10.6 Å². The Morgan fingerprint density at radius 1 is 0.871 bits per heavy atom. The van der Waals surface area contributed by atoms with Gasteiger partial charge in [0.05, 0.1) is 12.6 Å². The molecule has 0 bridgehead atoms. The van der Waals surface area contributed by atoms with Crippen LogP contribution in [-0.2, 0) is 9.59 Å². The van der Waals surface area contributed by atoms with Gasteiger partial charge in [-0.15, -0.1) is 0 Å². The number of amides is 3. The molecule has 0 spiro atoms. The van der Waals surface area contributed by atoms with Gasteiger partial charge in [0.2, 0.25) is 11.8 Å². The van der Waals surface area contributed by atoms with E-state index in [-0.39, 0.29) is 30.3 Å². The number of fused-ring (bicyclic) bond motifs is 3. The van der Waals surface area contributed by atoms with Crippen molar-refractivity contribution in [3.05, 3.63) is 89.0 Å². The van der Waals surface area contributed by atoms with Gasteiger partial charge in [-0.2, -0.15) is 0 Å². The van der Waals surface area contributed by atoms with Crippen molar-refractivity contribution in [1.29, 1.82) is 0 Å². The normalized spacial score (nSPS) is 11.9. The highest BCUT2D eigenvalue weighted by Gasteiger charge is 2.29. The van der Waals surface area contributed by atoms with Gasteiger partial charge in [0, 0.05) is 18.2 Å². The number of rotatable bonds is 5. The number of nitrogens with one attached hydrogen (secondary N) is 3. The minimum atomic E-state index is -0.352. The molecule has 6 nitrogen and oxygen atoms in total. The maximum atomic E-state index is 13.1. The fourth-order valence-corrected chi connectivity index (χ4v) is 3.82. The largest absolute Gasteiger partial charge is 0.347 e. The molecule has 0 unspecified atom stereocenters. The molecule has 1 aliphatic carbocycles. The molecule has 3 N–H and O–H groups in total. The summed E-state index contributed by atoms with van der Waals surface area (Å²) in [6.45, 7) is 3.07. The summed E-state index contributed by atoms with van der Waals surface area (Å²) in [4.78, 5) is 36.2. The van der Waals surface area contributed by atoms with E-state index in [9.17, 15) is 14.4 Å². The monoisotopic (exact) mass is 413 g/mol. The molecule has 3 aromatic carbocycles. The Morgan fingerprint density at radius 2 is 1.48 bits per heavy atom. The van der Waals surface area contributed by atoms with Gasteiger partial charge in [-0.05, 0) is 46.9 Å². The van der Waals surface area contributed by atoms with E-state index in [4.69, 9.17) is 0 Å². The molecule has 0 atom stereocenters. The van der Waals surface area contributed by atoms with Crippen LogP contribution in [0.4, 0.5) is 5.69 Å². The molecular formula is C25H23N3O3. The lowest BCUT2D eigenvalue weighted by Crippen LogP contribution is -2.31. The van der Waals surface area contributed by atoms with E-state index in [1.54, 1.807) is 18.2 Å². The first-order valence-corrected chi connectivity index (χ1v) is 10.1. The predicted molar refractivity (Wildman–Crippen MR) is 120 cm³/mol. The molecule has 31 heavy (non-hydrogen) atoms.